The molecule has 3 rings (SSSR count). The predicted octanol–water partition coefficient (Wildman–Crippen LogP) is 0.758. The van der Waals surface area contributed by atoms with E-state index in [1.165, 1.54) is 4.90 Å². The third kappa shape index (κ3) is 2.64. The Bertz CT molecular complexity index is 813. The van der Waals surface area contributed by atoms with Crippen LogP contribution in [0.15, 0.2) is 23.0 Å². The summed E-state index contributed by atoms with van der Waals surface area (Å²) in [5.41, 5.74) is 6.92. The van der Waals surface area contributed by atoms with Crippen molar-refractivity contribution in [2.75, 3.05) is 18.0 Å². The first-order valence-corrected chi connectivity index (χ1v) is 7.79. The quantitative estimate of drug-likeness (QED) is 0.803. The maximum absolute atomic E-state index is 12.0. The van der Waals surface area contributed by atoms with Crippen LogP contribution in [0.4, 0.5) is 10.5 Å². The number of anilines is 1. The minimum Gasteiger partial charge on any atom is -0.442 e. The molecule has 1 aliphatic rings. The van der Waals surface area contributed by atoms with E-state index in [4.69, 9.17) is 22.7 Å². The van der Waals surface area contributed by atoms with E-state index in [-0.39, 0.29) is 16.1 Å². The van der Waals surface area contributed by atoms with Gasteiger partial charge in [0.2, 0.25) is 0 Å². The zero-order valence-corrected chi connectivity index (χ0v) is 13.4. The Morgan fingerprint density at radius 3 is 3.05 bits per heavy atom. The molecule has 3 N–H and O–H groups in total. The minimum absolute atomic E-state index is 0.0327. The van der Waals surface area contributed by atoms with E-state index in [1.54, 1.807) is 17.7 Å². The van der Waals surface area contributed by atoms with Gasteiger partial charge in [0, 0.05) is 12.7 Å². The molecule has 0 bridgehead atoms. The van der Waals surface area contributed by atoms with Crippen LogP contribution in [0.3, 0.4) is 0 Å². The van der Waals surface area contributed by atoms with Crippen LogP contribution in [0.2, 0.25) is 0 Å². The average molecular weight is 338 g/mol. The zero-order chi connectivity index (χ0) is 15.9. The number of nitrogens with zero attached hydrogens (tertiary/aromatic N) is 2. The van der Waals surface area contributed by atoms with E-state index >= 15 is 0 Å². The van der Waals surface area contributed by atoms with Crippen molar-refractivity contribution >= 4 is 50.7 Å². The monoisotopic (exact) mass is 338 g/mol. The first-order chi connectivity index (χ1) is 10.5. The molecule has 0 radical (unpaired) electrons. The third-order valence-corrected chi connectivity index (χ3v) is 4.61. The zero-order valence-electron chi connectivity index (χ0n) is 11.7. The maximum atomic E-state index is 12.0. The lowest BCUT2D eigenvalue weighted by molar-refractivity contribution is 0.143. The fourth-order valence-electron chi connectivity index (χ4n) is 2.34. The highest BCUT2D eigenvalue weighted by atomic mass is 32.1. The van der Waals surface area contributed by atoms with Gasteiger partial charge in [-0.1, -0.05) is 11.3 Å². The number of nitrogens with two attached hydrogens (primary N) is 1. The van der Waals surface area contributed by atoms with Gasteiger partial charge < -0.3 is 20.4 Å². The fraction of sp³-hybridized carbons (Fsp3) is 0.308. The number of aryl methyl sites for hydroxylation is 1. The Morgan fingerprint density at radius 2 is 2.32 bits per heavy atom. The number of benzene rings is 1. The van der Waals surface area contributed by atoms with Gasteiger partial charge in [-0.2, -0.15) is 0 Å². The standard InChI is InChI=1S/C13H14N4O3S2/c1-16-9-3-2-7(4-10(9)22-13(16)19)17-6-8(20-12(17)18)5-15-11(14)21/h2-4,8H,5-6H2,1H3,(H3,14,15,21)/t8-/m0/s1. The van der Waals surface area contributed by atoms with Crippen LogP contribution < -0.4 is 20.8 Å². The van der Waals surface area contributed by atoms with Gasteiger partial charge in [0.15, 0.2) is 5.11 Å². The molecule has 1 saturated heterocycles. The Balaban J connectivity index is 1.83. The Hall–Kier alpha value is -2.13. The molecule has 7 nitrogen and oxygen atoms in total. The van der Waals surface area contributed by atoms with Crippen molar-refractivity contribution in [3.8, 4) is 0 Å². The largest absolute Gasteiger partial charge is 0.442 e. The number of cyclic esters (lactones) is 1. The molecule has 1 aromatic carbocycles. The van der Waals surface area contributed by atoms with Gasteiger partial charge in [0.05, 0.1) is 23.3 Å². The maximum Gasteiger partial charge on any atom is 0.414 e. The van der Waals surface area contributed by atoms with Gasteiger partial charge in [-0.3, -0.25) is 9.69 Å². The molecule has 0 saturated carbocycles. The first kappa shape index (κ1) is 14.8. The smallest absolute Gasteiger partial charge is 0.414 e. The van der Waals surface area contributed by atoms with Crippen LogP contribution >= 0.6 is 23.6 Å². The number of carbonyl (C=O) groups is 1. The fourth-order valence-corrected chi connectivity index (χ4v) is 3.34. The van der Waals surface area contributed by atoms with Gasteiger partial charge in [0.1, 0.15) is 6.10 Å². The van der Waals surface area contributed by atoms with Gasteiger partial charge in [-0.25, -0.2) is 4.79 Å². The molecule has 0 spiro atoms. The summed E-state index contributed by atoms with van der Waals surface area (Å²) < 4.78 is 7.69. The summed E-state index contributed by atoms with van der Waals surface area (Å²) in [6, 6.07) is 5.46. The Labute approximate surface area is 135 Å². The molecule has 2 aromatic rings. The van der Waals surface area contributed by atoms with E-state index in [0.29, 0.717) is 18.8 Å². The van der Waals surface area contributed by atoms with Crippen molar-refractivity contribution in [2.24, 2.45) is 12.8 Å². The summed E-state index contributed by atoms with van der Waals surface area (Å²) in [7, 11) is 1.72. The summed E-state index contributed by atoms with van der Waals surface area (Å²) in [5.74, 6) is 0. The van der Waals surface area contributed by atoms with Crippen LogP contribution in [-0.4, -0.2) is 35.0 Å². The number of fused-ring (bicyclic) bond motifs is 1. The molecule has 2 heterocycles. The van der Waals surface area contributed by atoms with Crippen LogP contribution in [0.5, 0.6) is 0 Å². The van der Waals surface area contributed by atoms with Gasteiger partial charge in [-0.15, -0.1) is 0 Å². The van der Waals surface area contributed by atoms with Crippen molar-refractivity contribution in [1.29, 1.82) is 0 Å². The SMILES string of the molecule is Cn1c(=O)sc2cc(N3C[C@H](CNC(N)=S)OC3=O)ccc21. The van der Waals surface area contributed by atoms with Crippen LogP contribution in [-0.2, 0) is 11.8 Å². The number of rotatable bonds is 3. The molecular weight excluding hydrogens is 324 g/mol. The number of hydrogen-bond donors (Lipinski definition) is 2. The molecule has 22 heavy (non-hydrogen) atoms. The molecule has 1 aliphatic heterocycles. The molecule has 116 valence electrons. The number of amides is 1. The molecule has 1 atom stereocenters. The number of ether oxygens (including phenoxy) is 1. The summed E-state index contributed by atoms with van der Waals surface area (Å²) >= 11 is 5.88. The number of aromatic nitrogens is 1. The lowest BCUT2D eigenvalue weighted by atomic mass is 10.2. The van der Waals surface area contributed by atoms with Crippen LogP contribution in [0.25, 0.3) is 10.2 Å². The predicted molar refractivity (Wildman–Crippen MR) is 89.5 cm³/mol. The summed E-state index contributed by atoms with van der Waals surface area (Å²) in [4.78, 5) is 25.2. The highest BCUT2D eigenvalue weighted by molar-refractivity contribution is 7.80. The number of carbonyl (C=O) groups excluding carboxylic acids is 1. The third-order valence-electron chi connectivity index (χ3n) is 3.47. The summed E-state index contributed by atoms with van der Waals surface area (Å²) in [6.45, 7) is 0.778. The summed E-state index contributed by atoms with van der Waals surface area (Å²) in [5, 5.41) is 2.95. The highest BCUT2D eigenvalue weighted by Crippen LogP contribution is 2.27. The van der Waals surface area contributed by atoms with E-state index in [2.05, 4.69) is 5.32 Å². The van der Waals surface area contributed by atoms with Crippen molar-refractivity contribution in [2.45, 2.75) is 6.10 Å². The second-order valence-electron chi connectivity index (χ2n) is 4.94. The highest BCUT2D eigenvalue weighted by Gasteiger charge is 2.32. The molecule has 1 amide bonds. The lowest BCUT2D eigenvalue weighted by Gasteiger charge is -2.13. The van der Waals surface area contributed by atoms with E-state index in [9.17, 15) is 9.59 Å². The molecule has 1 aromatic heterocycles. The number of hydrogen-bond acceptors (Lipinski definition) is 5. The number of nitrogens with one attached hydrogen (secondary N) is 1. The van der Waals surface area contributed by atoms with Gasteiger partial charge in [0.25, 0.3) is 0 Å². The van der Waals surface area contributed by atoms with E-state index in [0.717, 1.165) is 21.6 Å². The van der Waals surface area contributed by atoms with Crippen LogP contribution in [0, 0.1) is 0 Å². The second-order valence-corrected chi connectivity index (χ2v) is 6.37. The number of thiocarbonyl (C=S) groups is 1. The van der Waals surface area contributed by atoms with Crippen molar-refractivity contribution in [1.82, 2.24) is 9.88 Å². The first-order valence-electron chi connectivity index (χ1n) is 6.57. The topological polar surface area (TPSA) is 89.6 Å². The van der Waals surface area contributed by atoms with Gasteiger partial charge >= 0.3 is 11.0 Å². The summed E-state index contributed by atoms with van der Waals surface area (Å²) in [6.07, 6.45) is -0.739. The Kier molecular flexibility index (Phi) is 3.75. The van der Waals surface area contributed by atoms with Gasteiger partial charge in [-0.05, 0) is 30.4 Å². The van der Waals surface area contributed by atoms with E-state index in [1.807, 2.05) is 12.1 Å². The molecule has 0 unspecified atom stereocenters. The second kappa shape index (κ2) is 5.58. The molecule has 9 heteroatoms. The van der Waals surface area contributed by atoms with Crippen LogP contribution in [0.1, 0.15) is 0 Å². The normalized spacial score (nSPS) is 17.8. The number of thiazole rings is 1. The van der Waals surface area contributed by atoms with Crippen molar-refractivity contribution < 1.29 is 9.53 Å². The van der Waals surface area contributed by atoms with Crippen molar-refractivity contribution in [3.63, 3.8) is 0 Å². The Morgan fingerprint density at radius 1 is 1.55 bits per heavy atom. The average Bonchev–Trinajstić information content (AvgIpc) is 2.97. The van der Waals surface area contributed by atoms with E-state index < -0.39 is 6.09 Å². The molecule has 0 aliphatic carbocycles. The minimum atomic E-state index is -0.419. The lowest BCUT2D eigenvalue weighted by Crippen LogP contribution is -2.37. The molecular formula is C13H14N4O3S2. The molecule has 1 fully saturated rings. The van der Waals surface area contributed by atoms with Crippen molar-refractivity contribution in [3.05, 3.63) is 27.9 Å².